The Labute approximate surface area is 105 Å². The van der Waals surface area contributed by atoms with E-state index in [1.54, 1.807) is 10.9 Å². The minimum atomic E-state index is 0.144. The molecule has 0 unspecified atom stereocenters. The molecule has 2 aromatic rings. The van der Waals surface area contributed by atoms with Crippen LogP contribution in [0.25, 0.3) is 5.69 Å². The minimum absolute atomic E-state index is 0.144. The first-order chi connectivity index (χ1) is 8.29. The molecule has 17 heavy (non-hydrogen) atoms. The zero-order valence-electron chi connectivity index (χ0n) is 9.31. The van der Waals surface area contributed by atoms with Crippen molar-refractivity contribution >= 4 is 11.6 Å². The van der Waals surface area contributed by atoms with Crippen LogP contribution in [-0.4, -0.2) is 28.0 Å². The number of aromatic nitrogens is 2. The standard InChI is InChI=1S/C12H14ClN3O/c13-11-1-3-12(4-2-11)16-9-10(8-15-16)7-14-5-6-17/h1-4,8-9,14,17H,5-7H2. The van der Waals surface area contributed by atoms with Gasteiger partial charge in [-0.25, -0.2) is 4.68 Å². The van der Waals surface area contributed by atoms with Gasteiger partial charge in [-0.05, 0) is 24.3 Å². The van der Waals surface area contributed by atoms with Crippen molar-refractivity contribution in [2.75, 3.05) is 13.2 Å². The largest absolute Gasteiger partial charge is 0.395 e. The number of nitrogens with one attached hydrogen (secondary N) is 1. The zero-order chi connectivity index (χ0) is 12.1. The average molecular weight is 252 g/mol. The Bertz CT molecular complexity index is 467. The molecule has 1 aromatic heterocycles. The molecule has 5 heteroatoms. The number of benzene rings is 1. The molecule has 0 saturated heterocycles. The third-order valence-electron chi connectivity index (χ3n) is 2.34. The molecule has 2 N–H and O–H groups in total. The quantitative estimate of drug-likeness (QED) is 0.794. The smallest absolute Gasteiger partial charge is 0.0646 e. The van der Waals surface area contributed by atoms with Crippen LogP contribution in [0.3, 0.4) is 0 Å². The molecule has 0 saturated carbocycles. The Morgan fingerprint density at radius 3 is 2.76 bits per heavy atom. The van der Waals surface area contributed by atoms with Crippen molar-refractivity contribution < 1.29 is 5.11 Å². The third kappa shape index (κ3) is 3.30. The van der Waals surface area contributed by atoms with Crippen LogP contribution < -0.4 is 5.32 Å². The fourth-order valence-electron chi connectivity index (χ4n) is 1.50. The topological polar surface area (TPSA) is 50.1 Å². The van der Waals surface area contributed by atoms with E-state index in [2.05, 4.69) is 10.4 Å². The van der Waals surface area contributed by atoms with E-state index in [1.165, 1.54) is 0 Å². The van der Waals surface area contributed by atoms with E-state index in [4.69, 9.17) is 16.7 Å². The summed E-state index contributed by atoms with van der Waals surface area (Å²) in [6, 6.07) is 7.50. The minimum Gasteiger partial charge on any atom is -0.395 e. The van der Waals surface area contributed by atoms with Crippen molar-refractivity contribution in [3.63, 3.8) is 0 Å². The van der Waals surface area contributed by atoms with Crippen molar-refractivity contribution in [1.29, 1.82) is 0 Å². The Kier molecular flexibility index (Phi) is 4.14. The van der Waals surface area contributed by atoms with Crippen LogP contribution in [0.15, 0.2) is 36.7 Å². The lowest BCUT2D eigenvalue weighted by Crippen LogP contribution is -2.17. The number of halogens is 1. The maximum Gasteiger partial charge on any atom is 0.0646 e. The molecule has 0 spiro atoms. The number of rotatable bonds is 5. The summed E-state index contributed by atoms with van der Waals surface area (Å²) in [5, 5.41) is 16.7. The summed E-state index contributed by atoms with van der Waals surface area (Å²) >= 11 is 5.83. The highest BCUT2D eigenvalue weighted by Gasteiger charge is 2.00. The number of nitrogens with zero attached hydrogens (tertiary/aromatic N) is 2. The molecule has 0 fully saturated rings. The van der Waals surface area contributed by atoms with Gasteiger partial charge in [-0.2, -0.15) is 5.10 Å². The zero-order valence-corrected chi connectivity index (χ0v) is 10.1. The van der Waals surface area contributed by atoms with Gasteiger partial charge in [0, 0.05) is 29.9 Å². The molecule has 1 heterocycles. The van der Waals surface area contributed by atoms with Gasteiger partial charge in [-0.1, -0.05) is 11.6 Å². The summed E-state index contributed by atoms with van der Waals surface area (Å²) in [6.07, 6.45) is 3.76. The van der Waals surface area contributed by atoms with Crippen molar-refractivity contribution in [2.45, 2.75) is 6.54 Å². The van der Waals surface area contributed by atoms with Gasteiger partial charge in [0.1, 0.15) is 0 Å². The second-order valence-electron chi connectivity index (χ2n) is 3.67. The maximum absolute atomic E-state index is 8.66. The maximum atomic E-state index is 8.66. The van der Waals surface area contributed by atoms with Crippen LogP contribution >= 0.6 is 11.6 Å². The van der Waals surface area contributed by atoms with E-state index in [9.17, 15) is 0 Å². The highest BCUT2D eigenvalue weighted by Crippen LogP contribution is 2.13. The molecular weight excluding hydrogens is 238 g/mol. The summed E-state index contributed by atoms with van der Waals surface area (Å²) < 4.78 is 1.80. The summed E-state index contributed by atoms with van der Waals surface area (Å²) in [4.78, 5) is 0. The SMILES string of the molecule is OCCNCc1cnn(-c2ccc(Cl)cc2)c1. The van der Waals surface area contributed by atoms with Crippen molar-refractivity contribution in [2.24, 2.45) is 0 Å². The monoisotopic (exact) mass is 251 g/mol. The van der Waals surface area contributed by atoms with E-state index >= 15 is 0 Å². The fraction of sp³-hybridized carbons (Fsp3) is 0.250. The van der Waals surface area contributed by atoms with Crippen molar-refractivity contribution in [3.8, 4) is 5.69 Å². The van der Waals surface area contributed by atoms with Gasteiger partial charge < -0.3 is 10.4 Å². The lowest BCUT2D eigenvalue weighted by molar-refractivity contribution is 0.292. The number of hydrogen-bond acceptors (Lipinski definition) is 3. The number of aliphatic hydroxyl groups excluding tert-OH is 1. The lowest BCUT2D eigenvalue weighted by atomic mass is 10.3. The van der Waals surface area contributed by atoms with Gasteiger partial charge >= 0.3 is 0 Å². The molecule has 0 bridgehead atoms. The molecule has 1 aromatic carbocycles. The van der Waals surface area contributed by atoms with Crippen LogP contribution in [0.4, 0.5) is 0 Å². The Hall–Kier alpha value is -1.36. The van der Waals surface area contributed by atoms with E-state index in [1.807, 2.05) is 30.5 Å². The van der Waals surface area contributed by atoms with Crippen molar-refractivity contribution in [1.82, 2.24) is 15.1 Å². The van der Waals surface area contributed by atoms with Gasteiger partial charge in [0.05, 0.1) is 18.5 Å². The van der Waals surface area contributed by atoms with Crippen LogP contribution in [0.2, 0.25) is 5.02 Å². The lowest BCUT2D eigenvalue weighted by Gasteiger charge is -2.01. The van der Waals surface area contributed by atoms with Crippen LogP contribution in [0.5, 0.6) is 0 Å². The van der Waals surface area contributed by atoms with E-state index < -0.39 is 0 Å². The summed E-state index contributed by atoms with van der Waals surface area (Å²) in [6.45, 7) is 1.44. The average Bonchev–Trinajstić information content (AvgIpc) is 2.79. The first kappa shape index (κ1) is 12.1. The van der Waals surface area contributed by atoms with Gasteiger partial charge in [0.25, 0.3) is 0 Å². The van der Waals surface area contributed by atoms with Crippen LogP contribution in [-0.2, 0) is 6.54 Å². The molecule has 0 atom stereocenters. The first-order valence-electron chi connectivity index (χ1n) is 5.40. The molecule has 0 radical (unpaired) electrons. The third-order valence-corrected chi connectivity index (χ3v) is 2.60. The Balaban J connectivity index is 2.04. The molecule has 0 aliphatic rings. The molecule has 90 valence electrons. The summed E-state index contributed by atoms with van der Waals surface area (Å²) in [5.41, 5.74) is 2.05. The highest BCUT2D eigenvalue weighted by atomic mass is 35.5. The first-order valence-corrected chi connectivity index (χ1v) is 5.78. The predicted molar refractivity (Wildman–Crippen MR) is 67.4 cm³/mol. The molecule has 0 amide bonds. The van der Waals surface area contributed by atoms with Gasteiger partial charge in [-0.15, -0.1) is 0 Å². The second-order valence-corrected chi connectivity index (χ2v) is 4.11. The van der Waals surface area contributed by atoms with Gasteiger partial charge in [0.2, 0.25) is 0 Å². The molecule has 0 aliphatic heterocycles. The molecular formula is C12H14ClN3O. The Morgan fingerprint density at radius 2 is 2.06 bits per heavy atom. The van der Waals surface area contributed by atoms with Gasteiger partial charge in [-0.3, -0.25) is 0 Å². The second kappa shape index (κ2) is 5.82. The van der Waals surface area contributed by atoms with E-state index in [0.29, 0.717) is 18.1 Å². The number of aliphatic hydroxyl groups is 1. The fourth-order valence-corrected chi connectivity index (χ4v) is 1.62. The highest BCUT2D eigenvalue weighted by molar-refractivity contribution is 6.30. The predicted octanol–water partition coefficient (Wildman–Crippen LogP) is 1.61. The van der Waals surface area contributed by atoms with E-state index in [0.717, 1.165) is 11.3 Å². The van der Waals surface area contributed by atoms with Crippen LogP contribution in [0, 0.1) is 0 Å². The molecule has 2 rings (SSSR count). The molecule has 0 aliphatic carbocycles. The Morgan fingerprint density at radius 1 is 1.29 bits per heavy atom. The molecule has 4 nitrogen and oxygen atoms in total. The normalized spacial score (nSPS) is 10.7. The van der Waals surface area contributed by atoms with Gasteiger partial charge in [0.15, 0.2) is 0 Å². The van der Waals surface area contributed by atoms with Crippen molar-refractivity contribution in [3.05, 3.63) is 47.2 Å². The van der Waals surface area contributed by atoms with Crippen LogP contribution in [0.1, 0.15) is 5.56 Å². The summed E-state index contributed by atoms with van der Waals surface area (Å²) in [5.74, 6) is 0. The van der Waals surface area contributed by atoms with E-state index in [-0.39, 0.29) is 6.61 Å². The summed E-state index contributed by atoms with van der Waals surface area (Å²) in [7, 11) is 0. The number of hydrogen-bond donors (Lipinski definition) is 2.